The van der Waals surface area contributed by atoms with Crippen molar-refractivity contribution in [2.75, 3.05) is 6.61 Å². The molecule has 0 radical (unpaired) electrons. The third kappa shape index (κ3) is 8.68. The van der Waals surface area contributed by atoms with Gasteiger partial charge in [0, 0.05) is 0 Å². The van der Waals surface area contributed by atoms with Crippen LogP contribution in [0.15, 0.2) is 30.3 Å². The Kier molecular flexibility index (Phi) is 11.7. The van der Waals surface area contributed by atoms with Crippen LogP contribution in [0, 0.1) is 5.92 Å². The molecule has 2 nitrogen and oxygen atoms in total. The van der Waals surface area contributed by atoms with Crippen LogP contribution in [-0.4, -0.2) is 6.61 Å². The molecule has 0 saturated heterocycles. The van der Waals surface area contributed by atoms with E-state index in [1.807, 2.05) is 30.3 Å². The van der Waals surface area contributed by atoms with E-state index in [1.54, 1.807) is 0 Å². The molecule has 0 fully saturated rings. The summed E-state index contributed by atoms with van der Waals surface area (Å²) in [5, 5.41) is 0. The van der Waals surface area contributed by atoms with Crippen molar-refractivity contribution in [2.24, 2.45) is 5.92 Å². The van der Waals surface area contributed by atoms with Crippen molar-refractivity contribution in [3.05, 3.63) is 30.3 Å². The van der Waals surface area contributed by atoms with Crippen LogP contribution in [-0.2, 0) is 4.89 Å². The molecule has 0 saturated carbocycles. The van der Waals surface area contributed by atoms with Gasteiger partial charge in [-0.25, -0.2) is 0 Å². The van der Waals surface area contributed by atoms with Gasteiger partial charge in [-0.15, -0.1) is 12.4 Å². The summed E-state index contributed by atoms with van der Waals surface area (Å²) in [6, 6.07) is 9.52. The predicted molar refractivity (Wildman–Crippen MR) is 70.8 cm³/mol. The van der Waals surface area contributed by atoms with Gasteiger partial charge >= 0.3 is 0 Å². The van der Waals surface area contributed by atoms with Gasteiger partial charge in [0.2, 0.25) is 0 Å². The van der Waals surface area contributed by atoms with E-state index >= 15 is 0 Å². The van der Waals surface area contributed by atoms with Gasteiger partial charge in [-0.3, -0.25) is 0 Å². The molecule has 88 valence electrons. The van der Waals surface area contributed by atoms with Crippen LogP contribution >= 0.6 is 22.3 Å². The van der Waals surface area contributed by atoms with Gasteiger partial charge in [0.1, 0.15) is 0 Å². The Balaban J connectivity index is 0. The van der Waals surface area contributed by atoms with Crippen molar-refractivity contribution in [2.45, 2.75) is 20.3 Å². The molecule has 0 spiro atoms. The monoisotopic (exact) mass is 250 g/mol. The summed E-state index contributed by atoms with van der Waals surface area (Å²) in [6.07, 6.45) is 1.02. The van der Waals surface area contributed by atoms with Crippen LogP contribution in [0.3, 0.4) is 0 Å². The lowest BCUT2D eigenvalue weighted by molar-refractivity contribution is -0.208. The van der Waals surface area contributed by atoms with Gasteiger partial charge in [-0.05, 0) is 24.5 Å². The summed E-state index contributed by atoms with van der Waals surface area (Å²) in [4.78, 5) is 10.1. The lowest BCUT2D eigenvalue weighted by Crippen LogP contribution is -2.02. The molecule has 1 atom stereocenters. The third-order valence-electron chi connectivity index (χ3n) is 1.68. The highest BCUT2D eigenvalue weighted by Gasteiger charge is 1.95. The lowest BCUT2D eigenvalue weighted by Gasteiger charge is -2.05. The fraction of sp³-hybridized carbons (Fsp3) is 0.455. The topological polar surface area (TPSA) is 18.5 Å². The molecular weight excluding hydrogens is 231 g/mol. The highest BCUT2D eigenvalue weighted by atomic mass is 35.5. The maximum atomic E-state index is 5.06. The van der Waals surface area contributed by atoms with Crippen LogP contribution in [0.1, 0.15) is 20.3 Å². The number of hydrogen-bond donors (Lipinski definition) is 0. The highest BCUT2D eigenvalue weighted by molar-refractivity contribution is 6.92. The van der Waals surface area contributed by atoms with E-state index in [2.05, 4.69) is 13.8 Å². The quantitative estimate of drug-likeness (QED) is 0.345. The number of halogens is 1. The van der Waals surface area contributed by atoms with Crippen LogP contribution in [0.4, 0.5) is 0 Å². The zero-order valence-corrected chi connectivity index (χ0v) is 11.5. The van der Waals surface area contributed by atoms with Gasteiger partial charge in [-0.2, -0.15) is 14.8 Å². The normalized spacial score (nSPS) is 9.00. The van der Waals surface area contributed by atoms with Gasteiger partial charge in [0.25, 0.3) is 0 Å². The number of rotatable bonds is 5. The van der Waals surface area contributed by atoms with Crippen molar-refractivity contribution in [3.63, 3.8) is 0 Å². The summed E-state index contributed by atoms with van der Waals surface area (Å²) in [7, 11) is 0. The van der Waals surface area contributed by atoms with Crippen LogP contribution in [0.2, 0.25) is 0 Å². The van der Waals surface area contributed by atoms with E-state index in [0.717, 1.165) is 12.2 Å². The first kappa shape index (κ1) is 17.1. The Hall–Kier alpha value is -0.300. The minimum Gasteiger partial charge on any atom is -0.338 e. The molecule has 0 bridgehead atoms. The fourth-order valence-electron chi connectivity index (χ4n) is 0.870. The minimum atomic E-state index is 0. The van der Waals surface area contributed by atoms with Crippen LogP contribution < -0.4 is 4.89 Å². The highest BCUT2D eigenvalue weighted by Crippen LogP contribution is 2.09. The maximum absolute atomic E-state index is 5.06. The molecular formula is C11H20ClO2P. The summed E-state index contributed by atoms with van der Waals surface area (Å²) < 4.78 is 0. The molecule has 15 heavy (non-hydrogen) atoms. The van der Waals surface area contributed by atoms with E-state index in [4.69, 9.17) is 9.78 Å². The molecule has 0 N–H and O–H groups in total. The molecule has 0 amide bonds. The zero-order valence-electron chi connectivity index (χ0n) is 9.31. The average Bonchev–Trinajstić information content (AvgIpc) is 2.14. The largest absolute Gasteiger partial charge is 0.338 e. The van der Waals surface area contributed by atoms with Gasteiger partial charge in [0.15, 0.2) is 5.75 Å². The molecule has 0 heterocycles. The summed E-state index contributed by atoms with van der Waals surface area (Å²) in [5.41, 5.74) is 0. The average molecular weight is 251 g/mol. The Bertz CT molecular complexity index is 229. The number of benzene rings is 1. The second-order valence-electron chi connectivity index (χ2n) is 3.40. The zero-order chi connectivity index (χ0) is 9.52. The van der Waals surface area contributed by atoms with Crippen molar-refractivity contribution >= 4 is 22.3 Å². The third-order valence-corrected chi connectivity index (χ3v) is 1.68. The molecule has 1 rings (SSSR count). The van der Waals surface area contributed by atoms with Gasteiger partial charge in [0.05, 0.1) is 6.61 Å². The molecule has 1 aromatic carbocycles. The Morgan fingerprint density at radius 2 is 1.73 bits per heavy atom. The minimum absolute atomic E-state index is 0. The number of hydrogen-bond acceptors (Lipinski definition) is 2. The SMILES string of the molecule is CC(C)CCOOc1ccccc1.Cl.P. The van der Waals surface area contributed by atoms with Crippen LogP contribution in [0.25, 0.3) is 0 Å². The second-order valence-corrected chi connectivity index (χ2v) is 3.40. The van der Waals surface area contributed by atoms with Gasteiger partial charge in [-0.1, -0.05) is 32.0 Å². The summed E-state index contributed by atoms with van der Waals surface area (Å²) in [5.74, 6) is 1.41. The Labute approximate surface area is 101 Å². The molecule has 0 aliphatic carbocycles. The second kappa shape index (κ2) is 10.2. The molecule has 1 aromatic rings. The van der Waals surface area contributed by atoms with Crippen molar-refractivity contribution < 1.29 is 9.78 Å². The first-order valence-corrected chi connectivity index (χ1v) is 4.63. The predicted octanol–water partition coefficient (Wildman–Crippen LogP) is 3.52. The van der Waals surface area contributed by atoms with Crippen molar-refractivity contribution in [1.82, 2.24) is 0 Å². The standard InChI is InChI=1S/C11H16O2.ClH.H3P/c1-10(2)8-9-12-13-11-6-4-3-5-7-11;;/h3-7,10H,8-9H2,1-2H3;1H;1H3. The maximum Gasteiger partial charge on any atom is 0.165 e. The molecule has 0 aromatic heterocycles. The molecule has 0 aliphatic heterocycles. The fourth-order valence-corrected chi connectivity index (χ4v) is 0.870. The van der Waals surface area contributed by atoms with Crippen LogP contribution in [0.5, 0.6) is 5.75 Å². The molecule has 1 unspecified atom stereocenters. The van der Waals surface area contributed by atoms with E-state index < -0.39 is 0 Å². The Morgan fingerprint density at radius 1 is 1.13 bits per heavy atom. The smallest absolute Gasteiger partial charge is 0.165 e. The Morgan fingerprint density at radius 3 is 2.27 bits per heavy atom. The van der Waals surface area contributed by atoms with E-state index in [-0.39, 0.29) is 22.3 Å². The lowest BCUT2D eigenvalue weighted by atomic mass is 10.1. The van der Waals surface area contributed by atoms with Gasteiger partial charge < -0.3 is 4.89 Å². The van der Waals surface area contributed by atoms with Crippen molar-refractivity contribution in [1.29, 1.82) is 0 Å². The summed E-state index contributed by atoms with van der Waals surface area (Å²) in [6.45, 7) is 4.96. The first-order chi connectivity index (χ1) is 6.29. The first-order valence-electron chi connectivity index (χ1n) is 4.63. The molecule has 4 heteroatoms. The van der Waals surface area contributed by atoms with E-state index in [9.17, 15) is 0 Å². The number of para-hydroxylation sites is 1. The van der Waals surface area contributed by atoms with Crippen molar-refractivity contribution in [3.8, 4) is 5.75 Å². The molecule has 0 aliphatic rings. The van der Waals surface area contributed by atoms with E-state index in [0.29, 0.717) is 12.5 Å². The summed E-state index contributed by atoms with van der Waals surface area (Å²) >= 11 is 0. The van der Waals surface area contributed by atoms with E-state index in [1.165, 1.54) is 0 Å².